The first-order chi connectivity index (χ1) is 9.08. The van der Waals surface area contributed by atoms with E-state index in [0.717, 1.165) is 11.4 Å². The smallest absolute Gasteiger partial charge is 0.273 e. The topological polar surface area (TPSA) is 50.5 Å². The fourth-order valence-electron chi connectivity index (χ4n) is 1.55. The van der Waals surface area contributed by atoms with Gasteiger partial charge in [0.25, 0.3) is 5.56 Å². The Labute approximate surface area is 111 Å². The molecular formula is C14H16N4O. The first-order valence-electron chi connectivity index (χ1n) is 5.94. The van der Waals surface area contributed by atoms with Crippen LogP contribution in [0.3, 0.4) is 0 Å². The van der Waals surface area contributed by atoms with E-state index in [4.69, 9.17) is 0 Å². The molecule has 0 atom stereocenters. The molecule has 19 heavy (non-hydrogen) atoms. The molecule has 2 rings (SSSR count). The highest BCUT2D eigenvalue weighted by atomic mass is 16.1. The molecule has 0 aliphatic rings. The fourth-order valence-corrected chi connectivity index (χ4v) is 1.55. The molecular weight excluding hydrogens is 240 g/mol. The quantitative estimate of drug-likeness (QED) is 0.782. The van der Waals surface area contributed by atoms with Crippen LogP contribution >= 0.6 is 0 Å². The number of aromatic nitrogens is 2. The van der Waals surface area contributed by atoms with Gasteiger partial charge in [0.15, 0.2) is 0 Å². The standard InChI is InChI=1S/C14H16N4O/c1-11-5-4-8-18(14(11)19)16-10-12-6-7-13(15-9-12)17(2)3/h4-10H,1-3H3/b16-10+. The van der Waals surface area contributed by atoms with E-state index in [1.165, 1.54) is 4.68 Å². The zero-order valence-corrected chi connectivity index (χ0v) is 11.2. The molecule has 2 heterocycles. The predicted octanol–water partition coefficient (Wildman–Crippen LogP) is 1.50. The molecule has 0 aromatic carbocycles. The van der Waals surface area contributed by atoms with Crippen LogP contribution in [-0.2, 0) is 0 Å². The number of anilines is 1. The molecule has 0 radical (unpaired) electrons. The summed E-state index contributed by atoms with van der Waals surface area (Å²) in [5, 5.41) is 4.14. The van der Waals surface area contributed by atoms with E-state index < -0.39 is 0 Å². The molecule has 0 N–H and O–H groups in total. The minimum absolute atomic E-state index is 0.114. The average Bonchev–Trinajstić information content (AvgIpc) is 2.41. The van der Waals surface area contributed by atoms with Gasteiger partial charge in [-0.3, -0.25) is 4.79 Å². The van der Waals surface area contributed by atoms with Gasteiger partial charge in [-0.15, -0.1) is 0 Å². The van der Waals surface area contributed by atoms with Crippen LogP contribution in [0.15, 0.2) is 46.6 Å². The van der Waals surface area contributed by atoms with Crippen molar-refractivity contribution in [3.05, 3.63) is 58.1 Å². The lowest BCUT2D eigenvalue weighted by molar-refractivity contribution is 0.822. The summed E-state index contributed by atoms with van der Waals surface area (Å²) in [7, 11) is 3.87. The second-order valence-electron chi connectivity index (χ2n) is 4.43. The number of aryl methyl sites for hydroxylation is 1. The molecule has 0 fully saturated rings. The first kappa shape index (κ1) is 13.0. The van der Waals surface area contributed by atoms with E-state index in [9.17, 15) is 4.79 Å². The Bertz CT molecular complexity index is 641. The molecule has 5 nitrogen and oxygen atoms in total. The van der Waals surface area contributed by atoms with Gasteiger partial charge in [0.1, 0.15) is 5.82 Å². The summed E-state index contributed by atoms with van der Waals surface area (Å²) in [6.07, 6.45) is 4.97. The van der Waals surface area contributed by atoms with Gasteiger partial charge in [0, 0.05) is 37.6 Å². The molecule has 0 spiro atoms. The van der Waals surface area contributed by atoms with Crippen molar-refractivity contribution in [2.75, 3.05) is 19.0 Å². The largest absolute Gasteiger partial charge is 0.363 e. The molecule has 0 unspecified atom stereocenters. The number of nitrogens with zero attached hydrogens (tertiary/aromatic N) is 4. The molecule has 5 heteroatoms. The van der Waals surface area contributed by atoms with E-state index in [2.05, 4.69) is 10.1 Å². The first-order valence-corrected chi connectivity index (χ1v) is 5.94. The maximum atomic E-state index is 11.8. The Balaban J connectivity index is 2.23. The van der Waals surface area contributed by atoms with Crippen LogP contribution in [0.2, 0.25) is 0 Å². The van der Waals surface area contributed by atoms with Crippen LogP contribution in [0, 0.1) is 6.92 Å². The Morgan fingerprint density at radius 1 is 1.32 bits per heavy atom. The summed E-state index contributed by atoms with van der Waals surface area (Å²) in [6, 6.07) is 7.37. The maximum Gasteiger partial charge on any atom is 0.273 e. The Kier molecular flexibility index (Phi) is 3.75. The van der Waals surface area contributed by atoms with Gasteiger partial charge in [0.05, 0.1) is 6.21 Å². The van der Waals surface area contributed by atoms with Gasteiger partial charge >= 0.3 is 0 Å². The maximum absolute atomic E-state index is 11.8. The summed E-state index contributed by atoms with van der Waals surface area (Å²) in [4.78, 5) is 18.0. The van der Waals surface area contributed by atoms with Crippen LogP contribution in [0.1, 0.15) is 11.1 Å². The number of hydrogen-bond acceptors (Lipinski definition) is 4. The van der Waals surface area contributed by atoms with Crippen molar-refractivity contribution < 1.29 is 0 Å². The van der Waals surface area contributed by atoms with E-state index in [-0.39, 0.29) is 5.56 Å². The SMILES string of the molecule is Cc1cccn(/N=C/c2ccc(N(C)C)nc2)c1=O. The predicted molar refractivity (Wildman–Crippen MR) is 77.0 cm³/mol. The van der Waals surface area contributed by atoms with Gasteiger partial charge < -0.3 is 4.90 Å². The molecule has 2 aromatic rings. The molecule has 0 aliphatic heterocycles. The van der Waals surface area contributed by atoms with Gasteiger partial charge in [0.2, 0.25) is 0 Å². The molecule has 0 amide bonds. The zero-order chi connectivity index (χ0) is 13.8. The normalized spacial score (nSPS) is 10.9. The second-order valence-corrected chi connectivity index (χ2v) is 4.43. The summed E-state index contributed by atoms with van der Waals surface area (Å²) < 4.78 is 1.31. The Morgan fingerprint density at radius 3 is 2.74 bits per heavy atom. The molecule has 2 aromatic heterocycles. The van der Waals surface area contributed by atoms with Crippen molar-refractivity contribution in [2.24, 2.45) is 5.10 Å². The van der Waals surface area contributed by atoms with Crippen LogP contribution in [0.25, 0.3) is 0 Å². The van der Waals surface area contributed by atoms with E-state index in [1.807, 2.05) is 31.1 Å². The Hall–Kier alpha value is -2.43. The van der Waals surface area contributed by atoms with Crippen molar-refractivity contribution >= 4 is 12.0 Å². The van der Waals surface area contributed by atoms with Crippen molar-refractivity contribution in [1.29, 1.82) is 0 Å². The molecule has 0 saturated carbocycles. The summed E-state index contributed by atoms with van der Waals surface area (Å²) in [5.74, 6) is 0.880. The molecule has 0 aliphatic carbocycles. The van der Waals surface area contributed by atoms with Gasteiger partial charge in [-0.25, -0.2) is 9.66 Å². The Morgan fingerprint density at radius 2 is 2.11 bits per heavy atom. The van der Waals surface area contributed by atoms with Crippen molar-refractivity contribution in [3.63, 3.8) is 0 Å². The number of rotatable bonds is 3. The van der Waals surface area contributed by atoms with Crippen LogP contribution < -0.4 is 10.5 Å². The van der Waals surface area contributed by atoms with Crippen molar-refractivity contribution in [3.8, 4) is 0 Å². The highest BCUT2D eigenvalue weighted by Gasteiger charge is 1.97. The second kappa shape index (κ2) is 5.48. The highest BCUT2D eigenvalue weighted by Crippen LogP contribution is 2.06. The highest BCUT2D eigenvalue weighted by molar-refractivity contribution is 5.79. The lowest BCUT2D eigenvalue weighted by Crippen LogP contribution is -2.17. The van der Waals surface area contributed by atoms with Crippen molar-refractivity contribution in [2.45, 2.75) is 6.92 Å². The van der Waals surface area contributed by atoms with Gasteiger partial charge in [-0.05, 0) is 25.1 Å². The van der Waals surface area contributed by atoms with E-state index >= 15 is 0 Å². The lowest BCUT2D eigenvalue weighted by atomic mass is 10.3. The zero-order valence-electron chi connectivity index (χ0n) is 11.2. The third-order valence-corrected chi connectivity index (χ3v) is 2.68. The molecule has 98 valence electrons. The lowest BCUT2D eigenvalue weighted by Gasteiger charge is -2.10. The van der Waals surface area contributed by atoms with E-state index in [0.29, 0.717) is 5.56 Å². The fraction of sp³-hybridized carbons (Fsp3) is 0.214. The van der Waals surface area contributed by atoms with Crippen LogP contribution in [-0.4, -0.2) is 30.0 Å². The third-order valence-electron chi connectivity index (χ3n) is 2.68. The minimum atomic E-state index is -0.114. The molecule has 0 saturated heterocycles. The average molecular weight is 256 g/mol. The summed E-state index contributed by atoms with van der Waals surface area (Å²) in [5.41, 5.74) is 1.40. The summed E-state index contributed by atoms with van der Waals surface area (Å²) >= 11 is 0. The van der Waals surface area contributed by atoms with Crippen LogP contribution in [0.5, 0.6) is 0 Å². The van der Waals surface area contributed by atoms with Gasteiger partial charge in [-0.2, -0.15) is 5.10 Å². The third kappa shape index (κ3) is 3.07. The summed E-state index contributed by atoms with van der Waals surface area (Å²) in [6.45, 7) is 1.77. The van der Waals surface area contributed by atoms with Crippen molar-refractivity contribution in [1.82, 2.24) is 9.66 Å². The van der Waals surface area contributed by atoms with Crippen LogP contribution in [0.4, 0.5) is 5.82 Å². The minimum Gasteiger partial charge on any atom is -0.363 e. The van der Waals surface area contributed by atoms with E-state index in [1.54, 1.807) is 37.7 Å². The number of hydrogen-bond donors (Lipinski definition) is 0. The monoisotopic (exact) mass is 256 g/mol. The number of pyridine rings is 2. The molecule has 0 bridgehead atoms. The van der Waals surface area contributed by atoms with Gasteiger partial charge in [-0.1, -0.05) is 6.07 Å².